The van der Waals surface area contributed by atoms with Crippen LogP contribution in [-0.2, 0) is 0 Å². The molecule has 0 aliphatic carbocycles. The lowest BCUT2D eigenvalue weighted by atomic mass is 10.0. The molecule has 0 aromatic rings. The molecule has 0 bridgehead atoms. The summed E-state index contributed by atoms with van der Waals surface area (Å²) in [6.45, 7) is 12.1. The number of nitrogens with zero attached hydrogens (tertiary/aromatic N) is 1. The van der Waals surface area contributed by atoms with Crippen molar-refractivity contribution in [1.82, 2.24) is 0 Å². The Balaban J connectivity index is -0.000000960. The topological polar surface area (TPSA) is 33.2 Å². The van der Waals surface area contributed by atoms with Crippen molar-refractivity contribution < 1.29 is 66.1 Å². The number of hydrogen-bond donors (Lipinski definition) is 2. The highest BCUT2D eigenvalue weighted by atomic mass is 79.9. The van der Waals surface area contributed by atoms with E-state index < -0.39 is 0 Å². The Morgan fingerprint density at radius 3 is 1.54 bits per heavy atom. The van der Waals surface area contributed by atoms with Crippen LogP contribution in [0.1, 0.15) is 91.4 Å². The number of quaternary nitrogens is 3. The van der Waals surface area contributed by atoms with Gasteiger partial charge in [0.05, 0.1) is 27.7 Å². The quantitative estimate of drug-likeness (QED) is 0.117. The van der Waals surface area contributed by atoms with Crippen molar-refractivity contribution >= 4 is 0 Å². The van der Waals surface area contributed by atoms with Crippen molar-refractivity contribution in [2.75, 3.05) is 47.3 Å². The maximum atomic E-state index is 2.54. The molecule has 0 saturated carbocycles. The highest BCUT2D eigenvalue weighted by Gasteiger charge is 2.31. The molecule has 0 aromatic heterocycles. The van der Waals surface area contributed by atoms with Crippen LogP contribution < -0.4 is 61.6 Å². The van der Waals surface area contributed by atoms with Gasteiger partial charge in [0.2, 0.25) is 0 Å². The zero-order valence-corrected chi connectivity index (χ0v) is 24.6. The third-order valence-electron chi connectivity index (χ3n) is 5.35. The van der Waals surface area contributed by atoms with E-state index in [9.17, 15) is 0 Å². The van der Waals surface area contributed by atoms with Crippen molar-refractivity contribution in [3.05, 3.63) is 0 Å². The fourth-order valence-electron chi connectivity index (χ4n) is 4.09. The fourth-order valence-corrected chi connectivity index (χ4v) is 4.09. The number of halogens is 3. The van der Waals surface area contributed by atoms with Gasteiger partial charge >= 0.3 is 0 Å². The molecule has 3 nitrogen and oxygen atoms in total. The van der Waals surface area contributed by atoms with Gasteiger partial charge in [0.25, 0.3) is 0 Å². The number of hydrogen-bond acceptors (Lipinski definition) is 0. The van der Waals surface area contributed by atoms with Gasteiger partial charge in [-0.1, -0.05) is 64.7 Å². The molecule has 0 saturated heterocycles. The molecule has 0 unspecified atom stereocenters. The van der Waals surface area contributed by atoms with E-state index in [1.165, 1.54) is 96.8 Å². The predicted octanol–water partition coefficient (Wildman–Crippen LogP) is -6.08. The Morgan fingerprint density at radius 2 is 1.11 bits per heavy atom. The molecule has 0 atom stereocenters. The molecule has 0 spiro atoms. The SMILES string of the molecule is CCCCCCCCCCCCC[N+](C)(C)CC(C)(C)[NH2+]CC[NH2+]C.[Br-].[Br-].[Br-]. The standard InChI is InChI=1S/C22H50N3.3BrH/c1-7-8-9-10-11-12-13-14-15-16-17-20-25(5,6)21-22(2,3)24-19-18-23-4;;;/h23-24H,7-21H2,1-6H3;3*1H/q+1;;;/p-1. The second kappa shape index (κ2) is 23.0. The third kappa shape index (κ3) is 25.4. The molecular formula is C22H52Br3N3. The molecule has 28 heavy (non-hydrogen) atoms. The van der Waals surface area contributed by atoms with Crippen LogP contribution >= 0.6 is 0 Å². The lowest BCUT2D eigenvalue weighted by Crippen LogP contribution is -3.01. The highest BCUT2D eigenvalue weighted by Crippen LogP contribution is 2.13. The zero-order chi connectivity index (χ0) is 19.0. The highest BCUT2D eigenvalue weighted by molar-refractivity contribution is 4.63. The lowest BCUT2D eigenvalue weighted by Gasteiger charge is -2.36. The van der Waals surface area contributed by atoms with E-state index in [1.54, 1.807) is 0 Å². The average molecular weight is 598 g/mol. The molecule has 6 heteroatoms. The largest absolute Gasteiger partial charge is 1.00 e. The molecular weight excluding hydrogens is 546 g/mol. The van der Waals surface area contributed by atoms with Gasteiger partial charge in [0.1, 0.15) is 25.2 Å². The van der Waals surface area contributed by atoms with Crippen molar-refractivity contribution in [1.29, 1.82) is 0 Å². The summed E-state index contributed by atoms with van der Waals surface area (Å²) in [5.74, 6) is 0. The van der Waals surface area contributed by atoms with Crippen LogP contribution in [0.25, 0.3) is 0 Å². The first-order valence-corrected chi connectivity index (χ1v) is 11.3. The Bertz CT molecular complexity index is 301. The first-order valence-electron chi connectivity index (χ1n) is 11.3. The molecule has 0 aliphatic heterocycles. The van der Waals surface area contributed by atoms with Crippen LogP contribution in [0.3, 0.4) is 0 Å². The second-order valence-corrected chi connectivity index (χ2v) is 9.53. The Morgan fingerprint density at radius 1 is 0.679 bits per heavy atom. The van der Waals surface area contributed by atoms with E-state index in [1.807, 2.05) is 0 Å². The monoisotopic (exact) mass is 595 g/mol. The normalized spacial score (nSPS) is 11.4. The second-order valence-electron chi connectivity index (χ2n) is 9.53. The van der Waals surface area contributed by atoms with E-state index in [2.05, 4.69) is 52.5 Å². The summed E-state index contributed by atoms with van der Waals surface area (Å²) >= 11 is 0. The average Bonchev–Trinajstić information content (AvgIpc) is 2.51. The number of unbranched alkanes of at least 4 members (excludes halogenated alkanes) is 10. The van der Waals surface area contributed by atoms with Crippen LogP contribution in [-0.4, -0.2) is 57.3 Å². The molecule has 0 amide bonds. The maximum Gasteiger partial charge on any atom is 0.140 e. The Labute approximate surface area is 209 Å². The summed E-state index contributed by atoms with van der Waals surface area (Å²) in [7, 11) is 6.99. The van der Waals surface area contributed by atoms with Crippen LogP contribution in [0.4, 0.5) is 0 Å². The number of likely N-dealkylation sites (N-methyl/N-ethyl adjacent to an activating group) is 2. The van der Waals surface area contributed by atoms with Crippen LogP contribution in [0, 0.1) is 0 Å². The van der Waals surface area contributed by atoms with E-state index in [0.29, 0.717) is 5.54 Å². The van der Waals surface area contributed by atoms with Gasteiger partial charge in [-0.05, 0) is 26.7 Å². The number of rotatable bonds is 18. The van der Waals surface area contributed by atoms with Gasteiger partial charge in [-0.3, -0.25) is 0 Å². The van der Waals surface area contributed by atoms with Gasteiger partial charge in [-0.2, -0.15) is 0 Å². The molecule has 0 aliphatic rings. The first kappa shape index (κ1) is 36.7. The van der Waals surface area contributed by atoms with Crippen LogP contribution in [0.5, 0.6) is 0 Å². The summed E-state index contributed by atoms with van der Waals surface area (Å²) < 4.78 is 1.16. The summed E-state index contributed by atoms with van der Waals surface area (Å²) in [5.41, 5.74) is 0.351. The van der Waals surface area contributed by atoms with Gasteiger partial charge in [-0.25, -0.2) is 0 Å². The van der Waals surface area contributed by atoms with Gasteiger partial charge in [0.15, 0.2) is 0 Å². The summed E-state index contributed by atoms with van der Waals surface area (Å²) in [6, 6.07) is 0. The Hall–Kier alpha value is 1.32. The zero-order valence-electron chi connectivity index (χ0n) is 19.8. The smallest absolute Gasteiger partial charge is 0.140 e. The van der Waals surface area contributed by atoms with Crippen molar-refractivity contribution in [2.24, 2.45) is 0 Å². The van der Waals surface area contributed by atoms with E-state index >= 15 is 0 Å². The summed E-state index contributed by atoms with van der Waals surface area (Å²) in [6.07, 6.45) is 15.8. The van der Waals surface area contributed by atoms with Crippen molar-refractivity contribution in [2.45, 2.75) is 96.9 Å². The Kier molecular flexibility index (Phi) is 30.1. The van der Waals surface area contributed by atoms with E-state index in [0.717, 1.165) is 4.48 Å². The predicted molar refractivity (Wildman–Crippen MR) is 112 cm³/mol. The lowest BCUT2D eigenvalue weighted by molar-refractivity contribution is -0.919. The van der Waals surface area contributed by atoms with Gasteiger partial charge < -0.3 is 66.1 Å². The van der Waals surface area contributed by atoms with Gasteiger partial charge in [0, 0.05) is 0 Å². The molecule has 0 aromatic carbocycles. The summed E-state index contributed by atoms with van der Waals surface area (Å²) in [5, 5.41) is 4.81. The molecule has 0 rings (SSSR count). The third-order valence-corrected chi connectivity index (χ3v) is 5.35. The minimum atomic E-state index is 0. The fraction of sp³-hybridized carbons (Fsp3) is 1.00. The summed E-state index contributed by atoms with van der Waals surface area (Å²) in [4.78, 5) is 0. The number of nitrogens with two attached hydrogens (primary N) is 2. The minimum Gasteiger partial charge on any atom is -1.00 e. The maximum absolute atomic E-state index is 2.54. The first-order chi connectivity index (χ1) is 11.8. The molecule has 0 heterocycles. The van der Waals surface area contributed by atoms with Gasteiger partial charge in [-0.15, -0.1) is 0 Å². The van der Waals surface area contributed by atoms with E-state index in [4.69, 9.17) is 0 Å². The minimum absolute atomic E-state index is 0. The van der Waals surface area contributed by atoms with Crippen LogP contribution in [0.15, 0.2) is 0 Å². The molecule has 4 N–H and O–H groups in total. The van der Waals surface area contributed by atoms with Crippen LogP contribution in [0.2, 0.25) is 0 Å². The molecule has 0 fully saturated rings. The van der Waals surface area contributed by atoms with E-state index in [-0.39, 0.29) is 50.9 Å². The van der Waals surface area contributed by atoms with Crippen molar-refractivity contribution in [3.8, 4) is 0 Å². The van der Waals surface area contributed by atoms with Crippen molar-refractivity contribution in [3.63, 3.8) is 0 Å². The molecule has 0 radical (unpaired) electrons. The molecule has 176 valence electrons.